The molecule has 1 aromatic rings. The SMILES string of the molecule is CC(C)CC(C)N(C)c1ccc(Br)cc1CBr. The van der Waals surface area contributed by atoms with E-state index in [1.54, 1.807) is 0 Å². The van der Waals surface area contributed by atoms with Crippen LogP contribution in [0.5, 0.6) is 0 Å². The van der Waals surface area contributed by atoms with Crippen LogP contribution in [0.25, 0.3) is 0 Å². The summed E-state index contributed by atoms with van der Waals surface area (Å²) in [4.78, 5) is 2.38. The Hall–Kier alpha value is -0.0200. The van der Waals surface area contributed by atoms with Gasteiger partial charge >= 0.3 is 0 Å². The van der Waals surface area contributed by atoms with Crippen molar-refractivity contribution >= 4 is 37.5 Å². The average molecular weight is 363 g/mol. The second kappa shape index (κ2) is 6.79. The first-order valence-corrected chi connectivity index (χ1v) is 7.94. The molecule has 0 heterocycles. The zero-order chi connectivity index (χ0) is 13.0. The molecule has 0 fully saturated rings. The summed E-state index contributed by atoms with van der Waals surface area (Å²) in [7, 11) is 2.18. The van der Waals surface area contributed by atoms with Gasteiger partial charge in [-0.15, -0.1) is 0 Å². The lowest BCUT2D eigenvalue weighted by atomic mass is 10.0. The average Bonchev–Trinajstić information content (AvgIpc) is 2.27. The molecule has 1 rings (SSSR count). The smallest absolute Gasteiger partial charge is 0.0407 e. The van der Waals surface area contributed by atoms with Gasteiger partial charge in [0.15, 0.2) is 0 Å². The Balaban J connectivity index is 2.91. The second-order valence-electron chi connectivity index (χ2n) is 5.00. The normalized spacial score (nSPS) is 12.9. The van der Waals surface area contributed by atoms with Gasteiger partial charge in [0.2, 0.25) is 0 Å². The first kappa shape index (κ1) is 15.0. The summed E-state index contributed by atoms with van der Waals surface area (Å²) in [6, 6.07) is 7.05. The predicted octanol–water partition coefficient (Wildman–Crippen LogP) is 5.21. The Bertz CT molecular complexity index is 363. The predicted molar refractivity (Wildman–Crippen MR) is 84.1 cm³/mol. The first-order valence-electron chi connectivity index (χ1n) is 6.03. The highest BCUT2D eigenvalue weighted by atomic mass is 79.9. The number of benzene rings is 1. The third kappa shape index (κ3) is 4.29. The van der Waals surface area contributed by atoms with E-state index >= 15 is 0 Å². The van der Waals surface area contributed by atoms with Crippen molar-refractivity contribution in [1.29, 1.82) is 0 Å². The molecule has 1 nitrogen and oxygen atoms in total. The number of halogens is 2. The van der Waals surface area contributed by atoms with Crippen molar-refractivity contribution in [1.82, 2.24) is 0 Å². The van der Waals surface area contributed by atoms with E-state index in [1.807, 2.05) is 0 Å². The molecule has 0 aliphatic heterocycles. The highest BCUT2D eigenvalue weighted by Crippen LogP contribution is 2.28. The van der Waals surface area contributed by atoms with Crippen molar-refractivity contribution in [2.24, 2.45) is 5.92 Å². The summed E-state index contributed by atoms with van der Waals surface area (Å²) in [6.45, 7) is 6.84. The quantitative estimate of drug-likeness (QED) is 0.649. The number of rotatable bonds is 5. The van der Waals surface area contributed by atoms with Crippen LogP contribution in [0, 0.1) is 5.92 Å². The van der Waals surface area contributed by atoms with Crippen molar-refractivity contribution in [2.45, 2.75) is 38.6 Å². The minimum Gasteiger partial charge on any atom is -0.372 e. The van der Waals surface area contributed by atoms with Crippen LogP contribution in [0.4, 0.5) is 5.69 Å². The van der Waals surface area contributed by atoms with Gasteiger partial charge in [0.1, 0.15) is 0 Å². The lowest BCUT2D eigenvalue weighted by Crippen LogP contribution is -2.30. The van der Waals surface area contributed by atoms with Gasteiger partial charge in [-0.2, -0.15) is 0 Å². The van der Waals surface area contributed by atoms with E-state index in [0.29, 0.717) is 6.04 Å². The van der Waals surface area contributed by atoms with Gasteiger partial charge in [-0.3, -0.25) is 0 Å². The summed E-state index contributed by atoms with van der Waals surface area (Å²) >= 11 is 7.09. The summed E-state index contributed by atoms with van der Waals surface area (Å²) in [5.74, 6) is 0.732. The van der Waals surface area contributed by atoms with E-state index < -0.39 is 0 Å². The van der Waals surface area contributed by atoms with Crippen molar-refractivity contribution in [2.75, 3.05) is 11.9 Å². The van der Waals surface area contributed by atoms with Crippen LogP contribution in [0.15, 0.2) is 22.7 Å². The summed E-state index contributed by atoms with van der Waals surface area (Å²) < 4.78 is 1.14. The lowest BCUT2D eigenvalue weighted by molar-refractivity contribution is 0.503. The maximum atomic E-state index is 3.56. The number of anilines is 1. The molecule has 1 unspecified atom stereocenters. The minimum absolute atomic E-state index is 0.564. The molecule has 17 heavy (non-hydrogen) atoms. The Kier molecular flexibility index (Phi) is 6.01. The standard InChI is InChI=1S/C14H21Br2N/c1-10(2)7-11(3)17(4)14-6-5-13(16)8-12(14)9-15/h5-6,8,10-11H,7,9H2,1-4H3. The second-order valence-corrected chi connectivity index (χ2v) is 6.47. The van der Waals surface area contributed by atoms with Gasteiger partial charge in [-0.25, -0.2) is 0 Å². The van der Waals surface area contributed by atoms with Crippen LogP contribution in [0.2, 0.25) is 0 Å². The monoisotopic (exact) mass is 361 g/mol. The van der Waals surface area contributed by atoms with Gasteiger partial charge in [0, 0.05) is 28.6 Å². The topological polar surface area (TPSA) is 3.24 Å². The fourth-order valence-corrected chi connectivity index (χ4v) is 2.94. The van der Waals surface area contributed by atoms with Crippen LogP contribution >= 0.6 is 31.9 Å². The van der Waals surface area contributed by atoms with E-state index in [-0.39, 0.29) is 0 Å². The number of hydrogen-bond donors (Lipinski definition) is 0. The Morgan fingerprint density at radius 3 is 2.41 bits per heavy atom. The molecule has 0 aromatic heterocycles. The summed E-state index contributed by atoms with van der Waals surface area (Å²) in [5, 5.41) is 0.889. The molecule has 0 aliphatic carbocycles. The van der Waals surface area contributed by atoms with Gasteiger partial charge in [-0.05, 0) is 43.0 Å². The van der Waals surface area contributed by atoms with E-state index in [4.69, 9.17) is 0 Å². The molecule has 0 amide bonds. The zero-order valence-corrected chi connectivity index (χ0v) is 14.2. The molecule has 96 valence electrons. The lowest BCUT2D eigenvalue weighted by Gasteiger charge is -2.30. The molecule has 0 radical (unpaired) electrons. The van der Waals surface area contributed by atoms with Gasteiger partial charge < -0.3 is 4.90 Å². The molecule has 0 saturated carbocycles. The highest BCUT2D eigenvalue weighted by molar-refractivity contribution is 9.10. The molecule has 3 heteroatoms. The Morgan fingerprint density at radius 1 is 1.24 bits per heavy atom. The van der Waals surface area contributed by atoms with Gasteiger partial charge in [-0.1, -0.05) is 45.7 Å². The third-order valence-corrected chi connectivity index (χ3v) is 4.14. The summed E-state index contributed by atoms with van der Waals surface area (Å²) in [6.07, 6.45) is 1.22. The molecule has 0 saturated heterocycles. The van der Waals surface area contributed by atoms with Crippen molar-refractivity contribution in [3.63, 3.8) is 0 Å². The van der Waals surface area contributed by atoms with E-state index in [9.17, 15) is 0 Å². The fourth-order valence-electron chi connectivity index (χ4n) is 2.08. The van der Waals surface area contributed by atoms with Crippen LogP contribution < -0.4 is 4.90 Å². The fraction of sp³-hybridized carbons (Fsp3) is 0.571. The van der Waals surface area contributed by atoms with E-state index in [0.717, 1.165) is 15.7 Å². The molecule has 1 atom stereocenters. The third-order valence-electron chi connectivity index (χ3n) is 3.04. The van der Waals surface area contributed by atoms with Gasteiger partial charge in [0.05, 0.1) is 0 Å². The van der Waals surface area contributed by atoms with Gasteiger partial charge in [0.25, 0.3) is 0 Å². The molecule has 0 N–H and O–H groups in total. The Morgan fingerprint density at radius 2 is 1.88 bits per heavy atom. The van der Waals surface area contributed by atoms with E-state index in [2.05, 4.69) is 82.8 Å². The molecular weight excluding hydrogens is 342 g/mol. The molecule has 0 bridgehead atoms. The highest BCUT2D eigenvalue weighted by Gasteiger charge is 2.14. The van der Waals surface area contributed by atoms with Crippen LogP contribution in [-0.4, -0.2) is 13.1 Å². The zero-order valence-electron chi connectivity index (χ0n) is 11.0. The molecule has 0 aliphatic rings. The molecule has 0 spiro atoms. The first-order chi connectivity index (χ1) is 7.95. The van der Waals surface area contributed by atoms with Crippen molar-refractivity contribution in [3.8, 4) is 0 Å². The largest absolute Gasteiger partial charge is 0.372 e. The van der Waals surface area contributed by atoms with E-state index in [1.165, 1.54) is 17.7 Å². The van der Waals surface area contributed by atoms with Crippen molar-refractivity contribution < 1.29 is 0 Å². The number of hydrogen-bond acceptors (Lipinski definition) is 1. The summed E-state index contributed by atoms with van der Waals surface area (Å²) in [5.41, 5.74) is 2.65. The maximum Gasteiger partial charge on any atom is 0.0407 e. The van der Waals surface area contributed by atoms with Crippen LogP contribution in [0.3, 0.4) is 0 Å². The van der Waals surface area contributed by atoms with Crippen LogP contribution in [0.1, 0.15) is 32.8 Å². The molecular formula is C14H21Br2N. The number of alkyl halides is 1. The molecule has 1 aromatic carbocycles. The number of nitrogens with zero attached hydrogens (tertiary/aromatic N) is 1. The van der Waals surface area contributed by atoms with Crippen LogP contribution in [-0.2, 0) is 5.33 Å². The Labute approximate surface area is 122 Å². The maximum absolute atomic E-state index is 3.56. The minimum atomic E-state index is 0.564. The van der Waals surface area contributed by atoms with Crippen molar-refractivity contribution in [3.05, 3.63) is 28.2 Å².